The molecule has 0 unspecified atom stereocenters. The molecule has 118 valence electrons. The molecule has 1 rings (SSSR count). The maximum absolute atomic E-state index is 11.0. The number of rotatable bonds is 8. The van der Waals surface area contributed by atoms with Crippen LogP contribution in [0.2, 0.25) is 0 Å². The average Bonchev–Trinajstić information content (AvgIpc) is 2.40. The molecule has 0 atom stereocenters. The van der Waals surface area contributed by atoms with Gasteiger partial charge < -0.3 is 10.1 Å². The van der Waals surface area contributed by atoms with E-state index in [0.29, 0.717) is 18.9 Å². The number of thioether (sulfide) groups is 1. The van der Waals surface area contributed by atoms with E-state index in [2.05, 4.69) is 33.0 Å². The molecule has 0 heterocycles. The third-order valence-corrected chi connectivity index (χ3v) is 3.60. The zero-order chi connectivity index (χ0) is 15.9. The molecule has 0 bridgehead atoms. The highest BCUT2D eigenvalue weighted by Gasteiger charge is 2.16. The van der Waals surface area contributed by atoms with Crippen LogP contribution < -0.4 is 10.1 Å². The van der Waals surface area contributed by atoms with Crippen LogP contribution in [0.4, 0.5) is 5.69 Å². The standard InChI is InChI=1S/C15H24N2O3S/c1-5-21-9-8-20-14-10-12(11-16-15(2,3)4)6-7-13(14)17(18)19/h6-7,10,16H,5,8-9,11H2,1-4H3. The molecule has 1 N–H and O–H groups in total. The van der Waals surface area contributed by atoms with Crippen molar-refractivity contribution in [2.24, 2.45) is 0 Å². The molecule has 0 saturated carbocycles. The van der Waals surface area contributed by atoms with Gasteiger partial charge in [-0.2, -0.15) is 11.8 Å². The molecule has 0 aliphatic rings. The molecule has 1 aromatic carbocycles. The molecule has 0 amide bonds. The summed E-state index contributed by atoms with van der Waals surface area (Å²) < 4.78 is 5.58. The van der Waals surface area contributed by atoms with Gasteiger partial charge in [-0.25, -0.2) is 0 Å². The molecular formula is C15H24N2O3S. The molecule has 6 heteroatoms. The number of hydrogen-bond donors (Lipinski definition) is 1. The van der Waals surface area contributed by atoms with Gasteiger partial charge in [0.05, 0.1) is 11.5 Å². The van der Waals surface area contributed by atoms with Gasteiger partial charge in [0.25, 0.3) is 0 Å². The number of nitrogens with one attached hydrogen (secondary N) is 1. The van der Waals surface area contributed by atoms with Crippen LogP contribution in [-0.2, 0) is 6.54 Å². The van der Waals surface area contributed by atoms with E-state index in [9.17, 15) is 10.1 Å². The van der Waals surface area contributed by atoms with Crippen LogP contribution in [0.15, 0.2) is 18.2 Å². The zero-order valence-corrected chi connectivity index (χ0v) is 14.0. The largest absolute Gasteiger partial charge is 0.486 e. The third kappa shape index (κ3) is 6.82. The van der Waals surface area contributed by atoms with E-state index in [1.165, 1.54) is 6.07 Å². The molecule has 0 spiro atoms. The van der Waals surface area contributed by atoms with Gasteiger partial charge in [-0.05, 0) is 38.2 Å². The van der Waals surface area contributed by atoms with Crippen LogP contribution in [0, 0.1) is 10.1 Å². The van der Waals surface area contributed by atoms with E-state index < -0.39 is 4.92 Å². The smallest absolute Gasteiger partial charge is 0.310 e. The van der Waals surface area contributed by atoms with Gasteiger partial charge in [0.15, 0.2) is 5.75 Å². The van der Waals surface area contributed by atoms with E-state index in [1.807, 2.05) is 0 Å². The van der Waals surface area contributed by atoms with Gasteiger partial charge in [-0.15, -0.1) is 0 Å². The second-order valence-electron chi connectivity index (χ2n) is 5.71. The highest BCUT2D eigenvalue weighted by atomic mass is 32.2. The molecule has 0 radical (unpaired) electrons. The number of benzene rings is 1. The normalized spacial score (nSPS) is 11.4. The minimum absolute atomic E-state index is 0.000557. The minimum Gasteiger partial charge on any atom is -0.486 e. The molecule has 5 nitrogen and oxygen atoms in total. The van der Waals surface area contributed by atoms with E-state index in [4.69, 9.17) is 4.74 Å². The Morgan fingerprint density at radius 3 is 2.67 bits per heavy atom. The first-order valence-corrected chi connectivity index (χ1v) is 8.22. The Hall–Kier alpha value is -1.27. The third-order valence-electron chi connectivity index (χ3n) is 2.73. The fourth-order valence-corrected chi connectivity index (χ4v) is 2.15. The highest BCUT2D eigenvalue weighted by molar-refractivity contribution is 7.99. The minimum atomic E-state index is -0.400. The van der Waals surface area contributed by atoms with Crippen LogP contribution in [0.1, 0.15) is 33.3 Å². The van der Waals surface area contributed by atoms with Crippen molar-refractivity contribution >= 4 is 17.4 Å². The summed E-state index contributed by atoms with van der Waals surface area (Å²) in [6.07, 6.45) is 0. The van der Waals surface area contributed by atoms with Gasteiger partial charge in [0, 0.05) is 23.9 Å². The lowest BCUT2D eigenvalue weighted by Crippen LogP contribution is -2.35. The molecule has 0 aliphatic carbocycles. The summed E-state index contributed by atoms with van der Waals surface area (Å²) in [7, 11) is 0. The summed E-state index contributed by atoms with van der Waals surface area (Å²) in [6.45, 7) is 9.45. The molecule has 0 aromatic heterocycles. The zero-order valence-electron chi connectivity index (χ0n) is 13.1. The first-order chi connectivity index (χ1) is 9.83. The fourth-order valence-electron chi connectivity index (χ4n) is 1.66. The van der Waals surface area contributed by atoms with E-state index in [0.717, 1.165) is 17.1 Å². The van der Waals surface area contributed by atoms with E-state index in [-0.39, 0.29) is 11.2 Å². The molecule has 1 aromatic rings. The summed E-state index contributed by atoms with van der Waals surface area (Å²) in [6, 6.07) is 5.04. The van der Waals surface area contributed by atoms with Gasteiger partial charge in [0.1, 0.15) is 0 Å². The predicted octanol–water partition coefficient (Wildman–Crippen LogP) is 3.61. The predicted molar refractivity (Wildman–Crippen MR) is 88.2 cm³/mol. The molecule has 21 heavy (non-hydrogen) atoms. The Bertz CT molecular complexity index is 472. The van der Waals surface area contributed by atoms with Crippen molar-refractivity contribution < 1.29 is 9.66 Å². The van der Waals surface area contributed by atoms with Crippen molar-refractivity contribution in [3.8, 4) is 5.75 Å². The Morgan fingerprint density at radius 1 is 1.38 bits per heavy atom. The van der Waals surface area contributed by atoms with Crippen LogP contribution in [0.25, 0.3) is 0 Å². The summed E-state index contributed by atoms with van der Waals surface area (Å²) in [5.41, 5.74) is 1.00. The summed E-state index contributed by atoms with van der Waals surface area (Å²) >= 11 is 1.75. The van der Waals surface area contributed by atoms with Gasteiger partial charge in [-0.1, -0.05) is 13.0 Å². The number of nitrogens with zero attached hydrogens (tertiary/aromatic N) is 1. The lowest BCUT2D eigenvalue weighted by molar-refractivity contribution is -0.385. The average molecular weight is 312 g/mol. The van der Waals surface area contributed by atoms with Crippen molar-refractivity contribution in [3.63, 3.8) is 0 Å². The molecular weight excluding hydrogens is 288 g/mol. The SMILES string of the molecule is CCSCCOc1cc(CNC(C)(C)C)ccc1[N+](=O)[O-]. The number of nitro benzene ring substituents is 1. The summed E-state index contributed by atoms with van der Waals surface area (Å²) in [5.74, 6) is 2.20. The highest BCUT2D eigenvalue weighted by Crippen LogP contribution is 2.28. The lowest BCUT2D eigenvalue weighted by Gasteiger charge is -2.20. The van der Waals surface area contributed by atoms with Gasteiger partial charge >= 0.3 is 5.69 Å². The van der Waals surface area contributed by atoms with Crippen molar-refractivity contribution in [1.29, 1.82) is 0 Å². The Kier molecular flexibility index (Phi) is 6.98. The van der Waals surface area contributed by atoms with Gasteiger partial charge in [0.2, 0.25) is 0 Å². The first kappa shape index (κ1) is 17.8. The number of ether oxygens (including phenoxy) is 1. The second-order valence-corrected chi connectivity index (χ2v) is 7.10. The Balaban J connectivity index is 2.77. The molecule has 0 aliphatic heterocycles. The topological polar surface area (TPSA) is 64.4 Å². The van der Waals surface area contributed by atoms with Crippen LogP contribution in [-0.4, -0.2) is 28.6 Å². The van der Waals surface area contributed by atoms with E-state index in [1.54, 1.807) is 23.9 Å². The number of hydrogen-bond acceptors (Lipinski definition) is 5. The van der Waals surface area contributed by atoms with Crippen LogP contribution in [0.5, 0.6) is 5.75 Å². The molecule has 0 saturated heterocycles. The van der Waals surface area contributed by atoms with Gasteiger partial charge in [-0.3, -0.25) is 10.1 Å². The quantitative estimate of drug-likeness (QED) is 0.451. The number of nitro groups is 1. The summed E-state index contributed by atoms with van der Waals surface area (Å²) in [4.78, 5) is 10.6. The molecule has 0 fully saturated rings. The first-order valence-electron chi connectivity index (χ1n) is 7.06. The maximum Gasteiger partial charge on any atom is 0.310 e. The fraction of sp³-hybridized carbons (Fsp3) is 0.600. The Morgan fingerprint density at radius 2 is 2.10 bits per heavy atom. The van der Waals surface area contributed by atoms with Crippen LogP contribution >= 0.6 is 11.8 Å². The monoisotopic (exact) mass is 312 g/mol. The van der Waals surface area contributed by atoms with Crippen molar-refractivity contribution in [2.75, 3.05) is 18.1 Å². The Labute approximate surface area is 130 Å². The van der Waals surface area contributed by atoms with Crippen LogP contribution in [0.3, 0.4) is 0 Å². The summed E-state index contributed by atoms with van der Waals surface area (Å²) in [5, 5.41) is 14.4. The van der Waals surface area contributed by atoms with Crippen molar-refractivity contribution in [2.45, 2.75) is 39.8 Å². The van der Waals surface area contributed by atoms with Crippen molar-refractivity contribution in [1.82, 2.24) is 5.32 Å². The van der Waals surface area contributed by atoms with Crippen molar-refractivity contribution in [3.05, 3.63) is 33.9 Å². The maximum atomic E-state index is 11.0. The lowest BCUT2D eigenvalue weighted by atomic mass is 10.1. The second kappa shape index (κ2) is 8.24. The van der Waals surface area contributed by atoms with E-state index >= 15 is 0 Å².